The minimum atomic E-state index is -3.67. The van der Waals surface area contributed by atoms with Crippen molar-refractivity contribution in [1.82, 2.24) is 25.1 Å². The van der Waals surface area contributed by atoms with Gasteiger partial charge in [0.1, 0.15) is 0 Å². The fraction of sp³-hybridized carbons (Fsp3) is 0.189. The molecule has 8 rings (SSSR count). The summed E-state index contributed by atoms with van der Waals surface area (Å²) in [5.41, 5.74) is 1.03. The third-order valence-corrected chi connectivity index (χ3v) is 9.37. The number of hydrogen-bond donors (Lipinski definition) is 2. The largest absolute Gasteiger partial charge is 0.317 e. The van der Waals surface area contributed by atoms with Crippen LogP contribution in [0.15, 0.2) is 73.1 Å². The highest BCUT2D eigenvalue weighted by atomic mass is 32.2. The van der Waals surface area contributed by atoms with E-state index in [1.807, 2.05) is 0 Å². The van der Waals surface area contributed by atoms with Gasteiger partial charge in [0.05, 0.1) is 38.3 Å². The number of nitrogens with zero attached hydrogens (tertiary/aromatic N) is 6. The third kappa shape index (κ3) is 6.85. The number of pyridine rings is 2. The van der Waals surface area contributed by atoms with Crippen molar-refractivity contribution >= 4 is 88.5 Å². The molecular weight excluding hydrogens is 751 g/mol. The summed E-state index contributed by atoms with van der Waals surface area (Å²) in [7, 11) is -3.67. The third-order valence-electron chi connectivity index (χ3n) is 9.37. The predicted octanol–water partition coefficient (Wildman–Crippen LogP) is 4.67. The van der Waals surface area contributed by atoms with Gasteiger partial charge in [-0.15, -0.1) is 0 Å². The second kappa shape index (κ2) is 14.4. The van der Waals surface area contributed by atoms with Crippen LogP contribution in [0.25, 0.3) is 43.4 Å². The van der Waals surface area contributed by atoms with E-state index in [2.05, 4.69) is 15.3 Å². The van der Waals surface area contributed by atoms with Crippen molar-refractivity contribution in [3.63, 3.8) is 0 Å². The Hall–Kier alpha value is -6.83. The molecule has 0 atom stereocenters. The summed E-state index contributed by atoms with van der Waals surface area (Å²) in [6.07, 6.45) is 4.53. The van der Waals surface area contributed by atoms with Crippen molar-refractivity contribution in [2.24, 2.45) is 0 Å². The SMILES string of the molecule is CS(=O)(=O)O.O=C1c2cc([N+](=O)[O-])cc3c2c(cc2cccnc23)C(=O)N1CCCNCCCN1C(=O)c2cc([N+](=O)[O-])cc3c2c(cc2cccnc23)C1=O. The average Bonchev–Trinajstić information content (AvgIpc) is 3.16. The van der Waals surface area contributed by atoms with E-state index < -0.39 is 43.6 Å². The number of hydrogen-bond acceptors (Lipinski definition) is 13. The van der Waals surface area contributed by atoms with E-state index in [9.17, 15) is 47.8 Å². The van der Waals surface area contributed by atoms with Gasteiger partial charge in [0.15, 0.2) is 0 Å². The van der Waals surface area contributed by atoms with Crippen molar-refractivity contribution in [3.8, 4) is 0 Å². The van der Waals surface area contributed by atoms with Crippen LogP contribution in [0, 0.1) is 20.2 Å². The number of amides is 4. The lowest BCUT2D eigenvalue weighted by atomic mass is 9.91. The van der Waals surface area contributed by atoms with Gasteiger partial charge in [-0.2, -0.15) is 8.42 Å². The molecule has 4 amide bonds. The molecule has 0 aliphatic carbocycles. The number of carbonyl (C=O) groups is 4. The van der Waals surface area contributed by atoms with Crippen LogP contribution in [-0.2, 0) is 10.1 Å². The van der Waals surface area contributed by atoms with Crippen molar-refractivity contribution in [2.45, 2.75) is 12.8 Å². The lowest BCUT2D eigenvalue weighted by Crippen LogP contribution is -2.42. The molecule has 0 spiro atoms. The van der Waals surface area contributed by atoms with E-state index in [4.69, 9.17) is 4.55 Å². The summed E-state index contributed by atoms with van der Waals surface area (Å²) in [5, 5.41) is 29.3. The highest BCUT2D eigenvalue weighted by Gasteiger charge is 2.36. The maximum atomic E-state index is 13.6. The molecule has 0 fully saturated rings. The minimum absolute atomic E-state index is 0.0465. The van der Waals surface area contributed by atoms with Crippen molar-refractivity contribution in [3.05, 3.63) is 116 Å². The maximum Gasteiger partial charge on any atom is 0.270 e. The topological polar surface area (TPSA) is 253 Å². The predicted molar refractivity (Wildman–Crippen MR) is 202 cm³/mol. The first-order chi connectivity index (χ1) is 26.6. The maximum absolute atomic E-state index is 13.6. The highest BCUT2D eigenvalue weighted by Crippen LogP contribution is 2.39. The first-order valence-electron chi connectivity index (χ1n) is 17.0. The fourth-order valence-corrected chi connectivity index (χ4v) is 7.09. The Morgan fingerprint density at radius 2 is 1.02 bits per heavy atom. The first-order valence-corrected chi connectivity index (χ1v) is 18.8. The number of carbonyl (C=O) groups excluding carboxylic acids is 4. The van der Waals surface area contributed by atoms with Gasteiger partial charge in [0, 0.05) is 93.2 Å². The van der Waals surface area contributed by atoms with Gasteiger partial charge in [-0.3, -0.25) is 63.7 Å². The van der Waals surface area contributed by atoms with Gasteiger partial charge in [0.25, 0.3) is 45.1 Å². The molecule has 2 aliphatic rings. The van der Waals surface area contributed by atoms with Crippen LogP contribution in [0.2, 0.25) is 0 Å². The van der Waals surface area contributed by atoms with E-state index in [0.717, 1.165) is 9.80 Å². The van der Waals surface area contributed by atoms with Crippen molar-refractivity contribution < 1.29 is 42.0 Å². The quantitative estimate of drug-likeness (QED) is 0.0479. The van der Waals surface area contributed by atoms with Gasteiger partial charge >= 0.3 is 0 Å². The minimum Gasteiger partial charge on any atom is -0.317 e. The molecule has 2 aliphatic heterocycles. The van der Waals surface area contributed by atoms with Crippen LogP contribution in [-0.4, -0.2) is 98.6 Å². The Labute approximate surface area is 315 Å². The van der Waals surface area contributed by atoms with Gasteiger partial charge < -0.3 is 5.32 Å². The number of nitrogens with one attached hydrogen (secondary N) is 1. The molecule has 0 radical (unpaired) electrons. The number of rotatable bonds is 10. The second-order valence-corrected chi connectivity index (χ2v) is 14.5. The zero-order valence-corrected chi connectivity index (χ0v) is 30.1. The zero-order valence-electron chi connectivity index (χ0n) is 29.3. The Bertz CT molecular complexity index is 2660. The monoisotopic (exact) mass is 779 g/mol. The molecule has 4 heterocycles. The van der Waals surface area contributed by atoms with E-state index in [1.165, 1.54) is 24.3 Å². The number of nitro groups is 2. The summed E-state index contributed by atoms with van der Waals surface area (Å²) >= 11 is 0. The zero-order chi connectivity index (χ0) is 40.1. The summed E-state index contributed by atoms with van der Waals surface area (Å²) in [5.74, 6) is -2.26. The highest BCUT2D eigenvalue weighted by molar-refractivity contribution is 7.85. The Morgan fingerprint density at radius 1 is 0.661 bits per heavy atom. The van der Waals surface area contributed by atoms with Gasteiger partial charge in [-0.05, 0) is 50.2 Å². The number of imide groups is 2. The van der Waals surface area contributed by atoms with Gasteiger partial charge in [-0.25, -0.2) is 0 Å². The van der Waals surface area contributed by atoms with Crippen molar-refractivity contribution in [2.75, 3.05) is 32.4 Å². The summed E-state index contributed by atoms with van der Waals surface area (Å²) in [6, 6.07) is 15.3. The molecule has 4 aromatic carbocycles. The first kappa shape index (κ1) is 37.5. The molecule has 2 aromatic heterocycles. The summed E-state index contributed by atoms with van der Waals surface area (Å²) in [4.78, 5) is 87.5. The molecule has 6 aromatic rings. The van der Waals surface area contributed by atoms with Crippen molar-refractivity contribution in [1.29, 1.82) is 0 Å². The lowest BCUT2D eigenvalue weighted by molar-refractivity contribution is -0.384. The van der Waals surface area contributed by atoms with Crippen LogP contribution in [0.3, 0.4) is 0 Å². The van der Waals surface area contributed by atoms with Crippen LogP contribution >= 0.6 is 0 Å². The number of aromatic nitrogens is 2. The number of fused-ring (bicyclic) bond motifs is 4. The van der Waals surface area contributed by atoms with Crippen LogP contribution in [0.5, 0.6) is 0 Å². The molecule has 284 valence electrons. The molecule has 18 nitrogen and oxygen atoms in total. The Kier molecular flexibility index (Phi) is 9.66. The Balaban J connectivity index is 0.000000905. The van der Waals surface area contributed by atoms with E-state index in [-0.39, 0.29) is 46.7 Å². The lowest BCUT2D eigenvalue weighted by Gasteiger charge is -2.28. The van der Waals surface area contributed by atoms with Gasteiger partial charge in [-0.1, -0.05) is 12.1 Å². The summed E-state index contributed by atoms with van der Waals surface area (Å²) < 4.78 is 25.9. The van der Waals surface area contributed by atoms with Crippen LogP contribution in [0.1, 0.15) is 54.3 Å². The van der Waals surface area contributed by atoms with Gasteiger partial charge in [0.2, 0.25) is 0 Å². The molecule has 0 bridgehead atoms. The second-order valence-electron chi connectivity index (χ2n) is 13.1. The normalized spacial score (nSPS) is 13.8. The molecule has 0 saturated heterocycles. The van der Waals surface area contributed by atoms with E-state index in [0.29, 0.717) is 75.5 Å². The molecule has 0 saturated carbocycles. The average molecular weight is 780 g/mol. The number of non-ortho nitro benzene ring substituents is 2. The fourth-order valence-electron chi connectivity index (χ4n) is 7.09. The summed E-state index contributed by atoms with van der Waals surface area (Å²) in [6.45, 7) is 0.853. The molecule has 56 heavy (non-hydrogen) atoms. The molecule has 2 N–H and O–H groups in total. The number of benzene rings is 4. The standard InChI is InChI=1S/C36H25N7O8.CH4O3S/c44-33-25-13-19-5-1-9-38-31(19)23-15-21(42(48)49)17-27(29(23)25)35(46)40(33)11-3-7-37-8-4-12-41-34(45)26-14-20-6-2-10-39-32(20)24-16-22(43(50)51)18-28(30(24)26)36(41)47;1-5(2,3)4/h1-2,5-6,9-10,13-18,37H,3-4,7-8,11-12H2;1H3,(H,2,3,4). The van der Waals surface area contributed by atoms with E-state index in [1.54, 1.807) is 48.8 Å². The molecule has 19 heteroatoms. The Morgan fingerprint density at radius 3 is 1.38 bits per heavy atom. The van der Waals surface area contributed by atoms with Crippen LogP contribution in [0.4, 0.5) is 11.4 Å². The smallest absolute Gasteiger partial charge is 0.270 e. The van der Waals surface area contributed by atoms with E-state index >= 15 is 0 Å². The van der Waals surface area contributed by atoms with Crippen LogP contribution < -0.4 is 5.32 Å². The molecule has 0 unspecified atom stereocenters. The molecular formula is C37H29N7O11S. The number of nitro benzene ring substituents is 2.